The SMILES string of the molecule is O=C(N1CC[C@@H](Nc2ncc3c(F)cc(-c4ccc(C(F)(F)F)cn4)n3n2)[C@H](O)C1)C(F)(F)F. The van der Waals surface area contributed by atoms with E-state index >= 15 is 0 Å². The van der Waals surface area contributed by atoms with Gasteiger partial charge in [0.05, 0.1) is 35.3 Å². The number of fused-ring (bicyclic) bond motifs is 1. The van der Waals surface area contributed by atoms with E-state index in [4.69, 9.17) is 0 Å². The lowest BCUT2D eigenvalue weighted by Crippen LogP contribution is -2.54. The summed E-state index contributed by atoms with van der Waals surface area (Å²) in [5.74, 6) is -2.95. The Morgan fingerprint density at radius 2 is 1.85 bits per heavy atom. The molecule has 0 radical (unpaired) electrons. The Morgan fingerprint density at radius 1 is 1.12 bits per heavy atom. The molecule has 0 aliphatic carbocycles. The minimum atomic E-state index is -5.06. The number of β-amino-alcohol motifs (C(OH)–C–C–N with tert-alkyl or cyclic N) is 1. The van der Waals surface area contributed by atoms with Crippen molar-refractivity contribution in [3.63, 3.8) is 0 Å². The summed E-state index contributed by atoms with van der Waals surface area (Å²) < 4.78 is 91.6. The number of hydrogen-bond donors (Lipinski definition) is 2. The number of pyridine rings is 1. The molecule has 1 aliphatic heterocycles. The number of anilines is 1. The molecule has 1 fully saturated rings. The van der Waals surface area contributed by atoms with E-state index in [1.807, 2.05) is 0 Å². The molecule has 0 unspecified atom stereocenters. The molecule has 15 heteroatoms. The number of piperidine rings is 1. The van der Waals surface area contributed by atoms with Crippen LogP contribution in [0.25, 0.3) is 16.9 Å². The molecule has 1 aliphatic rings. The smallest absolute Gasteiger partial charge is 0.389 e. The molecule has 0 bridgehead atoms. The molecule has 3 aromatic heterocycles. The number of nitrogens with zero attached hydrogens (tertiary/aromatic N) is 5. The predicted molar refractivity (Wildman–Crippen MR) is 102 cm³/mol. The van der Waals surface area contributed by atoms with E-state index in [2.05, 4.69) is 20.4 Å². The zero-order chi connectivity index (χ0) is 24.8. The molecule has 8 nitrogen and oxygen atoms in total. The molecular formula is C19H15F7N6O2. The summed E-state index contributed by atoms with van der Waals surface area (Å²) in [7, 11) is 0. The van der Waals surface area contributed by atoms with Gasteiger partial charge in [-0.2, -0.15) is 26.3 Å². The van der Waals surface area contributed by atoms with Crippen LogP contribution in [-0.2, 0) is 11.0 Å². The molecule has 4 rings (SSSR count). The second kappa shape index (κ2) is 8.38. The zero-order valence-corrected chi connectivity index (χ0v) is 16.9. The van der Waals surface area contributed by atoms with E-state index in [1.54, 1.807) is 0 Å². The number of halogens is 7. The van der Waals surface area contributed by atoms with Crippen molar-refractivity contribution >= 4 is 17.4 Å². The van der Waals surface area contributed by atoms with Gasteiger partial charge in [0.1, 0.15) is 5.52 Å². The lowest BCUT2D eigenvalue weighted by molar-refractivity contribution is -0.188. The van der Waals surface area contributed by atoms with Gasteiger partial charge in [-0.3, -0.25) is 9.78 Å². The number of nitrogens with one attached hydrogen (secondary N) is 1. The number of carbonyl (C=O) groups excluding carboxylic acids is 1. The topological polar surface area (TPSA) is 95.7 Å². The van der Waals surface area contributed by atoms with Gasteiger partial charge < -0.3 is 15.3 Å². The van der Waals surface area contributed by atoms with Gasteiger partial charge in [-0.05, 0) is 18.6 Å². The molecule has 0 spiro atoms. The van der Waals surface area contributed by atoms with Gasteiger partial charge in [0.25, 0.3) is 0 Å². The van der Waals surface area contributed by atoms with E-state index in [1.165, 1.54) is 0 Å². The van der Waals surface area contributed by atoms with Crippen LogP contribution in [0, 0.1) is 5.82 Å². The molecule has 1 saturated heterocycles. The third kappa shape index (κ3) is 4.60. The van der Waals surface area contributed by atoms with Crippen LogP contribution in [0.2, 0.25) is 0 Å². The van der Waals surface area contributed by atoms with Crippen LogP contribution in [0.1, 0.15) is 12.0 Å². The van der Waals surface area contributed by atoms with Crippen molar-refractivity contribution in [3.8, 4) is 11.4 Å². The van der Waals surface area contributed by atoms with Crippen molar-refractivity contribution in [2.24, 2.45) is 0 Å². The summed E-state index contributed by atoms with van der Waals surface area (Å²) in [5, 5.41) is 17.0. The molecule has 182 valence electrons. The molecule has 34 heavy (non-hydrogen) atoms. The maximum Gasteiger partial charge on any atom is 0.471 e. The van der Waals surface area contributed by atoms with Crippen molar-refractivity contribution in [2.75, 3.05) is 18.4 Å². The minimum absolute atomic E-state index is 0.00411. The molecule has 4 heterocycles. The largest absolute Gasteiger partial charge is 0.471 e. The van der Waals surface area contributed by atoms with Crippen LogP contribution in [0.3, 0.4) is 0 Å². The van der Waals surface area contributed by atoms with Crippen LogP contribution in [0.15, 0.2) is 30.6 Å². The van der Waals surface area contributed by atoms with Crippen LogP contribution in [-0.4, -0.2) is 66.9 Å². The summed E-state index contributed by atoms with van der Waals surface area (Å²) in [6.45, 7) is -0.856. The van der Waals surface area contributed by atoms with E-state index < -0.39 is 48.3 Å². The van der Waals surface area contributed by atoms with Gasteiger partial charge in [0, 0.05) is 25.4 Å². The van der Waals surface area contributed by atoms with Crippen molar-refractivity contribution in [2.45, 2.75) is 30.9 Å². The number of carbonyl (C=O) groups is 1. The normalized spacial score (nSPS) is 19.5. The maximum absolute atomic E-state index is 14.3. The standard InChI is InChI=1S/C19H15F7N6O2/c20-10-5-13(11-2-1-9(6-27-11)18(21,22)23)32-14(10)7-28-17(30-32)29-12-3-4-31(8-15(12)33)16(34)19(24,25)26/h1-2,5-7,12,15,33H,3-4,8H2,(H,29,30)/t12-,15-/m1/s1. The first-order valence-corrected chi connectivity index (χ1v) is 9.73. The van der Waals surface area contributed by atoms with Gasteiger partial charge >= 0.3 is 18.3 Å². The molecule has 2 N–H and O–H groups in total. The fourth-order valence-corrected chi connectivity index (χ4v) is 3.54. The van der Waals surface area contributed by atoms with E-state index in [0.717, 1.165) is 28.9 Å². The van der Waals surface area contributed by atoms with Crippen molar-refractivity contribution in [1.29, 1.82) is 0 Å². The first-order chi connectivity index (χ1) is 15.8. The maximum atomic E-state index is 14.3. The average molecular weight is 492 g/mol. The monoisotopic (exact) mass is 492 g/mol. The second-order valence-electron chi connectivity index (χ2n) is 7.54. The first kappa shape index (κ1) is 23.7. The second-order valence-corrected chi connectivity index (χ2v) is 7.54. The number of amides is 1. The summed E-state index contributed by atoms with van der Waals surface area (Å²) in [6.07, 6.45) is -9.41. The number of likely N-dealkylation sites (tertiary alicyclic amines) is 1. The molecule has 1 amide bonds. The Hall–Kier alpha value is -3.49. The van der Waals surface area contributed by atoms with Gasteiger partial charge in [-0.25, -0.2) is 13.9 Å². The predicted octanol–water partition coefficient (Wildman–Crippen LogP) is 2.89. The van der Waals surface area contributed by atoms with Crippen molar-refractivity contribution < 1.29 is 40.6 Å². The van der Waals surface area contributed by atoms with Gasteiger partial charge in [0.15, 0.2) is 5.82 Å². The van der Waals surface area contributed by atoms with Gasteiger partial charge in [-0.1, -0.05) is 0 Å². The Morgan fingerprint density at radius 3 is 2.44 bits per heavy atom. The van der Waals surface area contributed by atoms with Crippen LogP contribution < -0.4 is 5.32 Å². The molecule has 0 aromatic carbocycles. The van der Waals surface area contributed by atoms with E-state index in [0.29, 0.717) is 11.1 Å². The zero-order valence-electron chi connectivity index (χ0n) is 16.9. The quantitative estimate of drug-likeness (QED) is 0.547. The fraction of sp³-hybridized carbons (Fsp3) is 0.368. The Kier molecular flexibility index (Phi) is 5.83. The minimum Gasteiger partial charge on any atom is -0.389 e. The molecule has 3 aromatic rings. The van der Waals surface area contributed by atoms with Crippen molar-refractivity contribution in [1.82, 2.24) is 24.5 Å². The highest BCUT2D eigenvalue weighted by Crippen LogP contribution is 2.30. The number of aliphatic hydroxyl groups is 1. The summed E-state index contributed by atoms with van der Waals surface area (Å²) in [6, 6.07) is 2.03. The number of aromatic nitrogens is 4. The molecule has 2 atom stereocenters. The molecular weight excluding hydrogens is 477 g/mol. The Labute approximate surface area is 186 Å². The average Bonchev–Trinajstić information content (AvgIpc) is 3.09. The highest BCUT2D eigenvalue weighted by Gasteiger charge is 2.45. The third-order valence-corrected chi connectivity index (χ3v) is 5.25. The molecule has 0 saturated carbocycles. The number of hydrogen-bond acceptors (Lipinski definition) is 6. The highest BCUT2D eigenvalue weighted by atomic mass is 19.4. The van der Waals surface area contributed by atoms with Crippen LogP contribution in [0.5, 0.6) is 0 Å². The number of alkyl halides is 6. The summed E-state index contributed by atoms with van der Waals surface area (Å²) >= 11 is 0. The van der Waals surface area contributed by atoms with Crippen molar-refractivity contribution in [3.05, 3.63) is 42.0 Å². The third-order valence-electron chi connectivity index (χ3n) is 5.25. The Balaban J connectivity index is 1.56. The summed E-state index contributed by atoms with van der Waals surface area (Å²) in [4.78, 5) is 19.5. The fourth-order valence-electron chi connectivity index (χ4n) is 3.54. The number of rotatable bonds is 3. The lowest BCUT2D eigenvalue weighted by atomic mass is 10.0. The van der Waals surface area contributed by atoms with E-state index in [9.17, 15) is 40.6 Å². The number of aliphatic hydroxyl groups excluding tert-OH is 1. The van der Waals surface area contributed by atoms with Crippen LogP contribution in [0.4, 0.5) is 36.7 Å². The Bertz CT molecular complexity index is 1210. The summed E-state index contributed by atoms with van der Waals surface area (Å²) in [5.41, 5.74) is -1.07. The first-order valence-electron chi connectivity index (χ1n) is 9.73. The van der Waals surface area contributed by atoms with Gasteiger partial charge in [-0.15, -0.1) is 5.10 Å². The lowest BCUT2D eigenvalue weighted by Gasteiger charge is -2.36. The highest BCUT2D eigenvalue weighted by molar-refractivity contribution is 5.82. The van der Waals surface area contributed by atoms with Gasteiger partial charge in [0.2, 0.25) is 5.95 Å². The van der Waals surface area contributed by atoms with Crippen LogP contribution >= 0.6 is 0 Å². The van der Waals surface area contributed by atoms with E-state index in [-0.39, 0.29) is 35.8 Å².